The molecule has 0 amide bonds. The van der Waals surface area contributed by atoms with Gasteiger partial charge in [0.25, 0.3) is 0 Å². The molecule has 0 aromatic carbocycles. The molecule has 1 unspecified atom stereocenters. The Balaban J connectivity index is 1.98. The summed E-state index contributed by atoms with van der Waals surface area (Å²) >= 11 is 1.40. The van der Waals surface area contributed by atoms with Gasteiger partial charge in [0.15, 0.2) is 5.16 Å². The van der Waals surface area contributed by atoms with Gasteiger partial charge >= 0.3 is 11.7 Å². The van der Waals surface area contributed by atoms with Crippen LogP contribution in [0.5, 0.6) is 0 Å². The number of hydrogen-bond acceptors (Lipinski definition) is 6. The average Bonchev–Trinajstić information content (AvgIpc) is 3.22. The van der Waals surface area contributed by atoms with Crippen LogP contribution in [0, 0.1) is 0 Å². The molecule has 1 saturated carbocycles. The fraction of sp³-hybridized carbons (Fsp3) is 0.750. The maximum atomic E-state index is 11.7. The molecule has 2 rings (SSSR count). The lowest BCUT2D eigenvalue weighted by molar-refractivity contribution is -0.142. The van der Waals surface area contributed by atoms with Crippen LogP contribution in [0.2, 0.25) is 0 Å². The number of methoxy groups -OCH3 is 1. The molecule has 1 aliphatic rings. The Labute approximate surface area is 121 Å². The topological polar surface area (TPSA) is 89.0 Å². The number of hydrogen-bond donors (Lipinski definition) is 2. The predicted octanol–water partition coefficient (Wildman–Crippen LogP) is 0.540. The lowest BCUT2D eigenvalue weighted by atomic mass is 10.3. The van der Waals surface area contributed by atoms with Gasteiger partial charge in [-0.05, 0) is 25.8 Å². The van der Waals surface area contributed by atoms with Crippen LogP contribution >= 0.6 is 11.8 Å². The number of H-pyrrole nitrogens is 1. The van der Waals surface area contributed by atoms with Crippen molar-refractivity contribution >= 4 is 17.7 Å². The summed E-state index contributed by atoms with van der Waals surface area (Å²) in [6, 6.07) is -0.117. The Bertz CT molecular complexity index is 509. The maximum Gasteiger partial charge on any atom is 0.344 e. The molecule has 7 nitrogen and oxygen atoms in total. The van der Waals surface area contributed by atoms with Gasteiger partial charge in [-0.3, -0.25) is 9.36 Å². The van der Waals surface area contributed by atoms with Crippen LogP contribution in [0.4, 0.5) is 0 Å². The third-order valence-electron chi connectivity index (χ3n) is 3.09. The highest BCUT2D eigenvalue weighted by Crippen LogP contribution is 2.36. The van der Waals surface area contributed by atoms with Crippen LogP contribution in [0.3, 0.4) is 0 Å². The SMILES string of the molecule is CCCNC(CSc1n[nH]c(=O)n1C1CC1)C(=O)OC. The number of esters is 1. The van der Waals surface area contributed by atoms with Crippen LogP contribution in [-0.4, -0.2) is 46.2 Å². The summed E-state index contributed by atoms with van der Waals surface area (Å²) < 4.78 is 6.46. The number of ether oxygens (including phenoxy) is 1. The van der Waals surface area contributed by atoms with Gasteiger partial charge in [0, 0.05) is 11.8 Å². The summed E-state index contributed by atoms with van der Waals surface area (Å²) in [7, 11) is 1.38. The number of nitrogens with zero attached hydrogens (tertiary/aromatic N) is 2. The summed E-state index contributed by atoms with van der Waals surface area (Å²) in [5.74, 6) is 0.200. The van der Waals surface area contributed by atoms with Gasteiger partial charge in [-0.2, -0.15) is 0 Å². The van der Waals surface area contributed by atoms with Crippen LogP contribution in [-0.2, 0) is 9.53 Å². The molecule has 1 fully saturated rings. The first-order valence-electron chi connectivity index (χ1n) is 6.78. The van der Waals surface area contributed by atoms with Gasteiger partial charge in [0.2, 0.25) is 0 Å². The zero-order valence-electron chi connectivity index (χ0n) is 11.7. The van der Waals surface area contributed by atoms with E-state index < -0.39 is 0 Å². The van der Waals surface area contributed by atoms with Crippen molar-refractivity contribution in [3.63, 3.8) is 0 Å². The molecule has 1 heterocycles. The molecule has 20 heavy (non-hydrogen) atoms. The summed E-state index contributed by atoms with van der Waals surface area (Å²) in [6.07, 6.45) is 2.97. The van der Waals surface area contributed by atoms with Crippen molar-refractivity contribution in [3.8, 4) is 0 Å². The van der Waals surface area contributed by atoms with E-state index in [9.17, 15) is 9.59 Å². The largest absolute Gasteiger partial charge is 0.468 e. The lowest BCUT2D eigenvalue weighted by Gasteiger charge is -2.15. The Morgan fingerprint density at radius 3 is 3.00 bits per heavy atom. The summed E-state index contributed by atoms with van der Waals surface area (Å²) in [5.41, 5.74) is -0.175. The fourth-order valence-electron chi connectivity index (χ4n) is 1.88. The standard InChI is InChI=1S/C12H20N4O3S/c1-3-6-13-9(10(17)19-2)7-20-12-15-14-11(18)16(12)8-4-5-8/h8-9,13H,3-7H2,1-2H3,(H,14,18). The second-order valence-electron chi connectivity index (χ2n) is 4.75. The molecule has 1 aliphatic carbocycles. The third-order valence-corrected chi connectivity index (χ3v) is 4.14. The second kappa shape index (κ2) is 6.94. The van der Waals surface area contributed by atoms with Gasteiger partial charge in [-0.25, -0.2) is 9.89 Å². The second-order valence-corrected chi connectivity index (χ2v) is 5.74. The van der Waals surface area contributed by atoms with Crippen molar-refractivity contribution in [3.05, 3.63) is 10.5 Å². The zero-order chi connectivity index (χ0) is 14.5. The number of nitrogens with one attached hydrogen (secondary N) is 2. The Hall–Kier alpha value is -1.28. The van der Waals surface area contributed by atoms with Gasteiger partial charge in [-0.15, -0.1) is 5.10 Å². The molecule has 2 N–H and O–H groups in total. The number of carbonyl (C=O) groups is 1. The highest BCUT2D eigenvalue weighted by Gasteiger charge is 2.29. The first kappa shape index (κ1) is 15.1. The molecular weight excluding hydrogens is 280 g/mol. The number of aromatic nitrogens is 3. The Morgan fingerprint density at radius 2 is 2.40 bits per heavy atom. The number of carbonyl (C=O) groups excluding carboxylic acids is 1. The van der Waals surface area contributed by atoms with Crippen molar-refractivity contribution in [1.82, 2.24) is 20.1 Å². The minimum atomic E-state index is -0.385. The van der Waals surface area contributed by atoms with Crippen molar-refractivity contribution < 1.29 is 9.53 Å². The molecule has 112 valence electrons. The van der Waals surface area contributed by atoms with Crippen molar-refractivity contribution in [2.45, 2.75) is 43.4 Å². The minimum Gasteiger partial charge on any atom is -0.468 e. The van der Waals surface area contributed by atoms with E-state index in [0.29, 0.717) is 10.9 Å². The number of thioether (sulfide) groups is 1. The molecule has 8 heteroatoms. The van der Waals surface area contributed by atoms with E-state index in [2.05, 4.69) is 15.5 Å². The van der Waals surface area contributed by atoms with E-state index in [1.807, 2.05) is 6.92 Å². The third kappa shape index (κ3) is 3.63. The molecule has 1 aromatic heterocycles. The maximum absolute atomic E-state index is 11.7. The zero-order valence-corrected chi connectivity index (χ0v) is 12.5. The summed E-state index contributed by atoms with van der Waals surface area (Å²) in [5, 5.41) is 10.3. The quantitative estimate of drug-likeness (QED) is 0.538. The first-order chi connectivity index (χ1) is 9.67. The average molecular weight is 300 g/mol. The monoisotopic (exact) mass is 300 g/mol. The highest BCUT2D eigenvalue weighted by atomic mass is 32.2. The molecule has 0 spiro atoms. The van der Waals surface area contributed by atoms with Gasteiger partial charge in [-0.1, -0.05) is 18.7 Å². The first-order valence-corrected chi connectivity index (χ1v) is 7.76. The van der Waals surface area contributed by atoms with E-state index >= 15 is 0 Å². The fourth-order valence-corrected chi connectivity index (χ4v) is 2.93. The number of aromatic amines is 1. The molecule has 0 saturated heterocycles. The van der Waals surface area contributed by atoms with E-state index in [-0.39, 0.29) is 23.7 Å². The van der Waals surface area contributed by atoms with E-state index in [0.717, 1.165) is 25.8 Å². The minimum absolute atomic E-state index is 0.175. The lowest BCUT2D eigenvalue weighted by Crippen LogP contribution is -2.40. The van der Waals surface area contributed by atoms with Crippen LogP contribution < -0.4 is 11.0 Å². The summed E-state index contributed by atoms with van der Waals surface area (Å²) in [6.45, 7) is 2.78. The predicted molar refractivity (Wildman–Crippen MR) is 75.9 cm³/mol. The van der Waals surface area contributed by atoms with Gasteiger partial charge in [0.05, 0.1) is 7.11 Å². The summed E-state index contributed by atoms with van der Waals surface area (Å²) in [4.78, 5) is 23.3. The Kier molecular flexibility index (Phi) is 5.24. The van der Waals surface area contributed by atoms with Crippen LogP contribution in [0.15, 0.2) is 9.95 Å². The van der Waals surface area contributed by atoms with Crippen molar-refractivity contribution in [2.75, 3.05) is 19.4 Å². The molecule has 0 radical (unpaired) electrons. The molecule has 0 bridgehead atoms. The smallest absolute Gasteiger partial charge is 0.344 e. The molecular formula is C12H20N4O3S. The molecule has 1 atom stereocenters. The molecule has 0 aliphatic heterocycles. The van der Waals surface area contributed by atoms with Gasteiger partial charge in [0.1, 0.15) is 6.04 Å². The number of rotatable bonds is 8. The van der Waals surface area contributed by atoms with Crippen LogP contribution in [0.1, 0.15) is 32.2 Å². The van der Waals surface area contributed by atoms with Gasteiger partial charge < -0.3 is 10.1 Å². The Morgan fingerprint density at radius 1 is 1.65 bits per heavy atom. The van der Waals surface area contributed by atoms with E-state index in [4.69, 9.17) is 4.74 Å². The van der Waals surface area contributed by atoms with Crippen molar-refractivity contribution in [2.24, 2.45) is 0 Å². The van der Waals surface area contributed by atoms with E-state index in [1.165, 1.54) is 18.9 Å². The van der Waals surface area contributed by atoms with E-state index in [1.54, 1.807) is 4.57 Å². The highest BCUT2D eigenvalue weighted by molar-refractivity contribution is 7.99. The van der Waals surface area contributed by atoms with Crippen molar-refractivity contribution in [1.29, 1.82) is 0 Å². The normalized spacial score (nSPS) is 16.1. The molecule has 1 aromatic rings. The van der Waals surface area contributed by atoms with Crippen LogP contribution in [0.25, 0.3) is 0 Å².